The molecule has 5 nitrogen and oxygen atoms in total. The van der Waals surface area contributed by atoms with Crippen molar-refractivity contribution in [3.63, 3.8) is 0 Å². The lowest BCUT2D eigenvalue weighted by Gasteiger charge is -2.17. The molecule has 0 amide bonds. The van der Waals surface area contributed by atoms with Gasteiger partial charge in [-0.25, -0.2) is 4.68 Å². The minimum atomic E-state index is -0.193. The predicted molar refractivity (Wildman–Crippen MR) is 75.4 cm³/mol. The van der Waals surface area contributed by atoms with Crippen LogP contribution in [-0.2, 0) is 6.54 Å². The van der Waals surface area contributed by atoms with Gasteiger partial charge in [-0.05, 0) is 32.1 Å². The summed E-state index contributed by atoms with van der Waals surface area (Å²) in [6, 6.07) is 1.63. The fraction of sp³-hybridized carbons (Fsp3) is 0.714. The lowest BCUT2D eigenvalue weighted by molar-refractivity contribution is 0.124. The first-order chi connectivity index (χ1) is 9.11. The number of nitrogens with zero attached hydrogens (tertiary/aromatic N) is 3. The normalized spacial score (nSPS) is 22.7. The highest BCUT2D eigenvalue weighted by Crippen LogP contribution is 2.28. The number of aliphatic hydroxyl groups is 1. The molecule has 1 aromatic heterocycles. The Hall–Kier alpha value is -1.36. The minimum absolute atomic E-state index is 0.0645. The molecule has 0 aromatic carbocycles. The molecule has 1 heterocycles. The van der Waals surface area contributed by atoms with Crippen LogP contribution in [0.3, 0.4) is 0 Å². The topological polar surface area (TPSA) is 58.4 Å². The van der Waals surface area contributed by atoms with Crippen LogP contribution in [0, 0.1) is 5.92 Å². The average molecular weight is 265 g/mol. The third-order valence-corrected chi connectivity index (χ3v) is 4.10. The molecule has 2 unspecified atom stereocenters. The van der Waals surface area contributed by atoms with Gasteiger partial charge in [0, 0.05) is 26.2 Å². The molecule has 1 aliphatic rings. The van der Waals surface area contributed by atoms with Gasteiger partial charge in [-0.15, -0.1) is 0 Å². The van der Waals surface area contributed by atoms with Gasteiger partial charge in [0.2, 0.25) is 0 Å². The van der Waals surface area contributed by atoms with Crippen LogP contribution in [0.15, 0.2) is 17.1 Å². The van der Waals surface area contributed by atoms with Crippen LogP contribution < -0.4 is 10.5 Å². The summed E-state index contributed by atoms with van der Waals surface area (Å²) in [5, 5.41) is 14.0. The van der Waals surface area contributed by atoms with E-state index in [-0.39, 0.29) is 11.7 Å². The molecule has 0 spiro atoms. The maximum Gasteiger partial charge on any atom is 0.268 e. The van der Waals surface area contributed by atoms with E-state index in [4.69, 9.17) is 0 Å². The smallest absolute Gasteiger partial charge is 0.268 e. The Kier molecular flexibility index (Phi) is 4.58. The van der Waals surface area contributed by atoms with Gasteiger partial charge in [-0.2, -0.15) is 5.10 Å². The van der Waals surface area contributed by atoms with Gasteiger partial charge in [-0.3, -0.25) is 4.79 Å². The number of hydrogen-bond acceptors (Lipinski definition) is 4. The lowest BCUT2D eigenvalue weighted by Crippen LogP contribution is -2.27. The van der Waals surface area contributed by atoms with E-state index in [1.807, 2.05) is 18.9 Å². The van der Waals surface area contributed by atoms with Crippen molar-refractivity contribution in [3.8, 4) is 0 Å². The highest BCUT2D eigenvalue weighted by Gasteiger charge is 2.24. The Morgan fingerprint density at radius 1 is 1.53 bits per heavy atom. The molecule has 1 N–H and O–H groups in total. The van der Waals surface area contributed by atoms with Crippen molar-refractivity contribution in [3.05, 3.63) is 22.6 Å². The van der Waals surface area contributed by atoms with Crippen molar-refractivity contribution in [1.82, 2.24) is 9.78 Å². The lowest BCUT2D eigenvalue weighted by atomic mass is 10.0. The van der Waals surface area contributed by atoms with Crippen LogP contribution in [0.25, 0.3) is 0 Å². The summed E-state index contributed by atoms with van der Waals surface area (Å²) in [7, 11) is 1.94. The summed E-state index contributed by atoms with van der Waals surface area (Å²) >= 11 is 0. The molecule has 2 atom stereocenters. The standard InChI is InChI=1S/C14H23N3O2/c1-3-16(2)12-9-14(19)17(15-10-12)8-7-11-5-4-6-13(11)18/h9-11,13,18H,3-8H2,1-2H3. The van der Waals surface area contributed by atoms with E-state index in [9.17, 15) is 9.90 Å². The summed E-state index contributed by atoms with van der Waals surface area (Å²) in [6.07, 6.45) is 5.42. The minimum Gasteiger partial charge on any atom is -0.393 e. The second kappa shape index (κ2) is 6.19. The molecule has 0 bridgehead atoms. The molecule has 19 heavy (non-hydrogen) atoms. The quantitative estimate of drug-likeness (QED) is 0.870. The molecule has 1 saturated carbocycles. The maximum atomic E-state index is 12.0. The van der Waals surface area contributed by atoms with E-state index in [0.717, 1.165) is 37.9 Å². The molecule has 5 heteroatoms. The highest BCUT2D eigenvalue weighted by atomic mass is 16.3. The monoisotopic (exact) mass is 265 g/mol. The van der Waals surface area contributed by atoms with Crippen molar-refractivity contribution in [2.45, 2.75) is 45.3 Å². The third kappa shape index (κ3) is 3.35. The summed E-state index contributed by atoms with van der Waals surface area (Å²) < 4.78 is 1.50. The Morgan fingerprint density at radius 2 is 2.32 bits per heavy atom. The van der Waals surface area contributed by atoms with E-state index in [2.05, 4.69) is 5.10 Å². The summed E-state index contributed by atoms with van der Waals surface area (Å²) in [5.41, 5.74) is 0.787. The summed E-state index contributed by atoms with van der Waals surface area (Å²) in [5.74, 6) is 0.326. The highest BCUT2D eigenvalue weighted by molar-refractivity contribution is 5.41. The molecule has 1 aliphatic carbocycles. The van der Waals surface area contributed by atoms with Gasteiger partial charge >= 0.3 is 0 Å². The van der Waals surface area contributed by atoms with Crippen LogP contribution in [0.2, 0.25) is 0 Å². The predicted octanol–water partition coefficient (Wildman–Crippen LogP) is 1.25. The molecule has 0 radical (unpaired) electrons. The second-order valence-corrected chi connectivity index (χ2v) is 5.34. The van der Waals surface area contributed by atoms with Crippen molar-refractivity contribution in [1.29, 1.82) is 0 Å². The van der Waals surface area contributed by atoms with Gasteiger partial charge < -0.3 is 10.0 Å². The van der Waals surface area contributed by atoms with Gasteiger partial charge in [0.25, 0.3) is 5.56 Å². The Bertz CT molecular complexity index is 472. The molecule has 106 valence electrons. The van der Waals surface area contributed by atoms with Gasteiger partial charge in [0.1, 0.15) is 0 Å². The Morgan fingerprint density at radius 3 is 2.89 bits per heavy atom. The van der Waals surface area contributed by atoms with Crippen LogP contribution >= 0.6 is 0 Å². The van der Waals surface area contributed by atoms with E-state index in [1.54, 1.807) is 12.3 Å². The Balaban J connectivity index is 1.99. The number of hydrogen-bond donors (Lipinski definition) is 1. The Labute approximate surface area is 113 Å². The zero-order chi connectivity index (χ0) is 13.8. The van der Waals surface area contributed by atoms with E-state index in [1.165, 1.54) is 4.68 Å². The fourth-order valence-electron chi connectivity index (χ4n) is 2.63. The van der Waals surface area contributed by atoms with Crippen LogP contribution in [0.1, 0.15) is 32.6 Å². The molecular weight excluding hydrogens is 242 g/mol. The van der Waals surface area contributed by atoms with Crippen LogP contribution in [-0.4, -0.2) is 34.6 Å². The van der Waals surface area contributed by atoms with Crippen LogP contribution in [0.5, 0.6) is 0 Å². The molecule has 1 aromatic rings. The molecule has 2 rings (SSSR count). The molecule has 0 saturated heterocycles. The van der Waals surface area contributed by atoms with Crippen LogP contribution in [0.4, 0.5) is 5.69 Å². The SMILES string of the molecule is CCN(C)c1cnn(CCC2CCCC2O)c(=O)c1. The van der Waals surface area contributed by atoms with Gasteiger partial charge in [0.15, 0.2) is 0 Å². The first-order valence-corrected chi connectivity index (χ1v) is 7.08. The van der Waals surface area contributed by atoms with E-state index < -0.39 is 0 Å². The first kappa shape index (κ1) is 14.1. The largest absolute Gasteiger partial charge is 0.393 e. The summed E-state index contributed by atoms with van der Waals surface area (Å²) in [4.78, 5) is 13.9. The summed E-state index contributed by atoms with van der Waals surface area (Å²) in [6.45, 7) is 3.48. The van der Waals surface area contributed by atoms with Gasteiger partial charge in [-0.1, -0.05) is 6.42 Å². The third-order valence-electron chi connectivity index (χ3n) is 4.10. The average Bonchev–Trinajstić information content (AvgIpc) is 2.82. The second-order valence-electron chi connectivity index (χ2n) is 5.34. The fourth-order valence-corrected chi connectivity index (χ4v) is 2.63. The maximum absolute atomic E-state index is 12.0. The van der Waals surface area contributed by atoms with Crippen molar-refractivity contribution >= 4 is 5.69 Å². The first-order valence-electron chi connectivity index (χ1n) is 7.08. The van der Waals surface area contributed by atoms with Crippen molar-refractivity contribution < 1.29 is 5.11 Å². The zero-order valence-electron chi connectivity index (χ0n) is 11.7. The number of aromatic nitrogens is 2. The number of aryl methyl sites for hydroxylation is 1. The molecular formula is C14H23N3O2. The molecule has 0 aliphatic heterocycles. The number of anilines is 1. The molecule has 1 fully saturated rings. The van der Waals surface area contributed by atoms with E-state index in [0.29, 0.717) is 12.5 Å². The zero-order valence-corrected chi connectivity index (χ0v) is 11.7. The number of rotatable bonds is 5. The van der Waals surface area contributed by atoms with Crippen molar-refractivity contribution in [2.24, 2.45) is 5.92 Å². The van der Waals surface area contributed by atoms with Gasteiger partial charge in [0.05, 0.1) is 18.0 Å². The van der Waals surface area contributed by atoms with E-state index >= 15 is 0 Å². The van der Waals surface area contributed by atoms with Crippen molar-refractivity contribution in [2.75, 3.05) is 18.5 Å². The number of aliphatic hydroxyl groups excluding tert-OH is 1.